The number of benzene rings is 2. The fourth-order valence-electron chi connectivity index (χ4n) is 2.81. The van der Waals surface area contributed by atoms with E-state index >= 15 is 0 Å². The van der Waals surface area contributed by atoms with Crippen molar-refractivity contribution in [2.24, 2.45) is 0 Å². The number of ether oxygens (including phenoxy) is 1. The summed E-state index contributed by atoms with van der Waals surface area (Å²) in [5.41, 5.74) is 1.99. The van der Waals surface area contributed by atoms with Gasteiger partial charge in [0, 0.05) is 35.9 Å². The van der Waals surface area contributed by atoms with Crippen molar-refractivity contribution in [1.29, 1.82) is 0 Å². The van der Waals surface area contributed by atoms with Gasteiger partial charge in [-0.05, 0) is 24.3 Å². The quantitative estimate of drug-likeness (QED) is 0.581. The van der Waals surface area contributed by atoms with Crippen LogP contribution >= 0.6 is 11.6 Å². The molecule has 1 amide bonds. The number of nitrogens with one attached hydrogen (secondary N) is 2. The van der Waals surface area contributed by atoms with Gasteiger partial charge in [0.1, 0.15) is 0 Å². The van der Waals surface area contributed by atoms with E-state index in [0.717, 1.165) is 24.5 Å². The Kier molecular flexibility index (Phi) is 6.10. The third-order valence-corrected chi connectivity index (χ3v) is 4.33. The minimum Gasteiger partial charge on any atom is -0.378 e. The average Bonchev–Trinajstić information content (AvgIpc) is 2.67. The van der Waals surface area contributed by atoms with E-state index in [1.807, 2.05) is 6.07 Å². The SMILES string of the molecule is O=C(CNc1cc(Cl)ccc1N1CCOCC1)Nc1cccc([N+](=O)[O-])c1. The maximum atomic E-state index is 12.2. The Morgan fingerprint density at radius 2 is 2.00 bits per heavy atom. The van der Waals surface area contributed by atoms with Gasteiger partial charge >= 0.3 is 0 Å². The Morgan fingerprint density at radius 1 is 1.22 bits per heavy atom. The molecule has 0 bridgehead atoms. The Hall–Kier alpha value is -2.84. The molecule has 3 rings (SSSR count). The van der Waals surface area contributed by atoms with Crippen LogP contribution in [0.2, 0.25) is 5.02 Å². The molecule has 142 valence electrons. The van der Waals surface area contributed by atoms with Gasteiger partial charge in [-0.25, -0.2) is 0 Å². The van der Waals surface area contributed by atoms with Crippen molar-refractivity contribution < 1.29 is 14.5 Å². The number of nitrogens with zero attached hydrogens (tertiary/aromatic N) is 2. The van der Waals surface area contributed by atoms with Gasteiger partial charge in [-0.15, -0.1) is 0 Å². The van der Waals surface area contributed by atoms with E-state index < -0.39 is 4.92 Å². The molecule has 2 aromatic rings. The highest BCUT2D eigenvalue weighted by atomic mass is 35.5. The molecule has 0 atom stereocenters. The van der Waals surface area contributed by atoms with E-state index in [0.29, 0.717) is 23.9 Å². The number of carbonyl (C=O) groups excluding carboxylic acids is 1. The molecule has 0 aliphatic carbocycles. The number of hydrogen-bond acceptors (Lipinski definition) is 6. The van der Waals surface area contributed by atoms with Crippen LogP contribution in [0.15, 0.2) is 42.5 Å². The molecule has 0 unspecified atom stereocenters. The molecule has 0 spiro atoms. The molecule has 1 aliphatic heterocycles. The van der Waals surface area contributed by atoms with Gasteiger partial charge in [-0.3, -0.25) is 14.9 Å². The molecular weight excluding hydrogens is 372 g/mol. The first-order valence-corrected chi connectivity index (χ1v) is 8.81. The molecule has 0 aromatic heterocycles. The van der Waals surface area contributed by atoms with Gasteiger partial charge in [0.2, 0.25) is 5.91 Å². The summed E-state index contributed by atoms with van der Waals surface area (Å²) in [4.78, 5) is 24.7. The van der Waals surface area contributed by atoms with E-state index in [4.69, 9.17) is 16.3 Å². The maximum absolute atomic E-state index is 12.2. The van der Waals surface area contributed by atoms with Crippen molar-refractivity contribution in [3.8, 4) is 0 Å². The normalized spacial score (nSPS) is 13.9. The van der Waals surface area contributed by atoms with E-state index in [2.05, 4.69) is 15.5 Å². The number of hydrogen-bond donors (Lipinski definition) is 2. The van der Waals surface area contributed by atoms with Crippen LogP contribution in [-0.2, 0) is 9.53 Å². The lowest BCUT2D eigenvalue weighted by molar-refractivity contribution is -0.384. The Labute approximate surface area is 161 Å². The third-order valence-electron chi connectivity index (χ3n) is 4.09. The molecule has 1 aliphatic rings. The van der Waals surface area contributed by atoms with Crippen LogP contribution in [0.1, 0.15) is 0 Å². The molecule has 1 saturated heterocycles. The number of morpholine rings is 1. The lowest BCUT2D eigenvalue weighted by atomic mass is 10.2. The molecule has 8 nitrogen and oxygen atoms in total. The molecule has 1 fully saturated rings. The zero-order valence-corrected chi connectivity index (χ0v) is 15.2. The maximum Gasteiger partial charge on any atom is 0.271 e. The second-order valence-electron chi connectivity index (χ2n) is 5.97. The molecule has 2 aromatic carbocycles. The molecule has 9 heteroatoms. The monoisotopic (exact) mass is 390 g/mol. The first-order chi connectivity index (χ1) is 13.0. The number of amides is 1. The van der Waals surface area contributed by atoms with Crippen molar-refractivity contribution in [2.45, 2.75) is 0 Å². The number of carbonyl (C=O) groups is 1. The van der Waals surface area contributed by atoms with Crippen molar-refractivity contribution >= 4 is 40.3 Å². The number of nitro groups is 1. The number of halogens is 1. The summed E-state index contributed by atoms with van der Waals surface area (Å²) >= 11 is 6.10. The Balaban J connectivity index is 1.65. The first kappa shape index (κ1) is 18.9. The largest absolute Gasteiger partial charge is 0.378 e. The van der Waals surface area contributed by atoms with Crippen molar-refractivity contribution in [3.05, 3.63) is 57.6 Å². The highest BCUT2D eigenvalue weighted by Crippen LogP contribution is 2.29. The van der Waals surface area contributed by atoms with Crippen LogP contribution in [-0.4, -0.2) is 43.7 Å². The van der Waals surface area contributed by atoms with Crippen LogP contribution in [0.25, 0.3) is 0 Å². The van der Waals surface area contributed by atoms with Crippen LogP contribution < -0.4 is 15.5 Å². The fourth-order valence-corrected chi connectivity index (χ4v) is 2.98. The standard InChI is InChI=1S/C18H19ClN4O4/c19-13-4-5-17(22-6-8-27-9-7-22)16(10-13)20-12-18(24)21-14-2-1-3-15(11-14)23(25)26/h1-5,10-11,20H,6-9,12H2,(H,21,24). The number of non-ortho nitro benzene ring substituents is 1. The lowest BCUT2D eigenvalue weighted by Gasteiger charge is -2.30. The van der Waals surface area contributed by atoms with E-state index in [9.17, 15) is 14.9 Å². The molecular formula is C18H19ClN4O4. The van der Waals surface area contributed by atoms with Crippen molar-refractivity contribution in [3.63, 3.8) is 0 Å². The Bertz CT molecular complexity index is 840. The summed E-state index contributed by atoms with van der Waals surface area (Å²) in [6.07, 6.45) is 0. The molecule has 2 N–H and O–H groups in total. The van der Waals surface area contributed by atoms with E-state index in [1.54, 1.807) is 18.2 Å². The summed E-state index contributed by atoms with van der Waals surface area (Å²) < 4.78 is 5.38. The molecule has 27 heavy (non-hydrogen) atoms. The minimum atomic E-state index is -0.505. The van der Waals surface area contributed by atoms with E-state index in [-0.39, 0.29) is 18.1 Å². The summed E-state index contributed by atoms with van der Waals surface area (Å²) in [5, 5.41) is 17.1. The van der Waals surface area contributed by atoms with Crippen molar-refractivity contribution in [2.75, 3.05) is 48.4 Å². The topological polar surface area (TPSA) is 96.7 Å². The summed E-state index contributed by atoms with van der Waals surface area (Å²) in [7, 11) is 0. The minimum absolute atomic E-state index is 0.000371. The summed E-state index contributed by atoms with van der Waals surface area (Å²) in [5.74, 6) is -0.316. The third kappa shape index (κ3) is 5.08. The second kappa shape index (κ2) is 8.70. The van der Waals surface area contributed by atoms with Crippen molar-refractivity contribution in [1.82, 2.24) is 0 Å². The highest BCUT2D eigenvalue weighted by Gasteiger charge is 2.16. The van der Waals surface area contributed by atoms with Gasteiger partial charge in [0.25, 0.3) is 5.69 Å². The zero-order valence-electron chi connectivity index (χ0n) is 14.5. The van der Waals surface area contributed by atoms with Crippen LogP contribution in [0.3, 0.4) is 0 Å². The van der Waals surface area contributed by atoms with Gasteiger partial charge < -0.3 is 20.3 Å². The molecule has 0 saturated carbocycles. The predicted molar refractivity (Wildman–Crippen MR) is 105 cm³/mol. The Morgan fingerprint density at radius 3 is 2.74 bits per heavy atom. The second-order valence-corrected chi connectivity index (χ2v) is 6.41. The zero-order chi connectivity index (χ0) is 19.2. The van der Waals surface area contributed by atoms with Crippen LogP contribution in [0.5, 0.6) is 0 Å². The first-order valence-electron chi connectivity index (χ1n) is 8.43. The number of nitro benzene ring substituents is 1. The van der Waals surface area contributed by atoms with Crippen LogP contribution in [0, 0.1) is 10.1 Å². The summed E-state index contributed by atoms with van der Waals surface area (Å²) in [6.45, 7) is 2.82. The van der Waals surface area contributed by atoms with Gasteiger partial charge in [0.05, 0.1) is 36.1 Å². The van der Waals surface area contributed by atoms with E-state index in [1.165, 1.54) is 18.2 Å². The lowest BCUT2D eigenvalue weighted by Crippen LogP contribution is -2.36. The summed E-state index contributed by atoms with van der Waals surface area (Å²) in [6, 6.07) is 11.3. The van der Waals surface area contributed by atoms with Gasteiger partial charge in [-0.1, -0.05) is 17.7 Å². The fraction of sp³-hybridized carbons (Fsp3) is 0.278. The average molecular weight is 391 g/mol. The highest BCUT2D eigenvalue weighted by molar-refractivity contribution is 6.31. The van der Waals surface area contributed by atoms with Crippen LogP contribution in [0.4, 0.5) is 22.7 Å². The molecule has 0 radical (unpaired) electrons. The number of rotatable bonds is 6. The van der Waals surface area contributed by atoms with Gasteiger partial charge in [0.15, 0.2) is 0 Å². The number of anilines is 3. The van der Waals surface area contributed by atoms with Gasteiger partial charge in [-0.2, -0.15) is 0 Å². The predicted octanol–water partition coefficient (Wildman–Crippen LogP) is 3.14. The smallest absolute Gasteiger partial charge is 0.271 e. The molecule has 1 heterocycles.